The highest BCUT2D eigenvalue weighted by Crippen LogP contribution is 2.39. The molecule has 2 saturated heterocycles. The van der Waals surface area contributed by atoms with Gasteiger partial charge in [0.05, 0.1) is 12.0 Å². The zero-order valence-electron chi connectivity index (χ0n) is 21.5. The number of aromatic nitrogens is 1. The number of carbonyl (C=O) groups excluding carboxylic acids is 3. The first-order chi connectivity index (χ1) is 18.6. The van der Waals surface area contributed by atoms with Crippen molar-refractivity contribution in [3.05, 3.63) is 53.2 Å². The third kappa shape index (κ3) is 6.51. The molecule has 3 heterocycles. The lowest BCUT2D eigenvalue weighted by atomic mass is 9.96. The van der Waals surface area contributed by atoms with Gasteiger partial charge in [-0.05, 0) is 74.8 Å². The largest absolute Gasteiger partial charge is 0.389 e. The maximum Gasteiger partial charge on any atom is 0.389 e. The van der Waals surface area contributed by atoms with Crippen LogP contribution in [0.3, 0.4) is 0 Å². The van der Waals surface area contributed by atoms with E-state index in [1.165, 1.54) is 6.20 Å². The van der Waals surface area contributed by atoms with Gasteiger partial charge in [0.2, 0.25) is 0 Å². The molecule has 1 aliphatic carbocycles. The molecule has 8 nitrogen and oxygen atoms in total. The molecule has 1 saturated carbocycles. The number of ketones is 1. The molecule has 3 atom stereocenters. The average molecular weight is 544 g/mol. The summed E-state index contributed by atoms with van der Waals surface area (Å²) < 4.78 is 37.3. The lowest BCUT2D eigenvalue weighted by Crippen LogP contribution is -2.50. The second-order valence-corrected chi connectivity index (χ2v) is 10.8. The molecule has 2 amide bonds. The van der Waals surface area contributed by atoms with Crippen LogP contribution in [0.5, 0.6) is 0 Å². The predicted molar refractivity (Wildman–Crippen MR) is 140 cm³/mol. The van der Waals surface area contributed by atoms with Crippen molar-refractivity contribution < 1.29 is 27.6 Å². The number of anilines is 2. The Hall–Kier alpha value is -3.63. The molecule has 1 aromatic heterocycles. The molecule has 4 N–H and O–H groups in total. The lowest BCUT2D eigenvalue weighted by Gasteiger charge is -2.40. The molecule has 1 aromatic carbocycles. The van der Waals surface area contributed by atoms with Crippen molar-refractivity contribution in [3.8, 4) is 0 Å². The van der Waals surface area contributed by atoms with E-state index in [0.717, 1.165) is 45.1 Å². The number of pyridine rings is 1. The number of fused-ring (bicyclic) bond motifs is 2. The highest BCUT2D eigenvalue weighted by atomic mass is 19.4. The summed E-state index contributed by atoms with van der Waals surface area (Å²) in [6, 6.07) is 8.39. The molecule has 208 valence electrons. The highest BCUT2D eigenvalue weighted by Gasteiger charge is 2.42. The zero-order valence-corrected chi connectivity index (χ0v) is 21.5. The number of nitrogens with two attached hydrogens (primary N) is 1. The summed E-state index contributed by atoms with van der Waals surface area (Å²) in [7, 11) is 0. The number of rotatable bonds is 10. The fourth-order valence-corrected chi connectivity index (χ4v) is 5.66. The second kappa shape index (κ2) is 10.9. The number of carbonyl (C=O) groups is 3. The van der Waals surface area contributed by atoms with Gasteiger partial charge in [-0.15, -0.1) is 0 Å². The van der Waals surface area contributed by atoms with Crippen molar-refractivity contribution in [1.29, 1.82) is 0 Å². The molecular weight excluding hydrogens is 511 g/mol. The summed E-state index contributed by atoms with van der Waals surface area (Å²) in [4.78, 5) is 43.7. The molecule has 2 bridgehead atoms. The van der Waals surface area contributed by atoms with Gasteiger partial charge >= 0.3 is 6.18 Å². The fraction of sp³-hybridized carbons (Fsp3) is 0.500. The minimum Gasteiger partial charge on any atom is -0.384 e. The van der Waals surface area contributed by atoms with Gasteiger partial charge in [-0.3, -0.25) is 14.4 Å². The maximum absolute atomic E-state index is 13.1. The topological polar surface area (TPSA) is 117 Å². The summed E-state index contributed by atoms with van der Waals surface area (Å²) in [5.41, 5.74) is 7.08. The first-order valence-corrected chi connectivity index (χ1v) is 13.4. The van der Waals surface area contributed by atoms with Crippen LogP contribution in [0.1, 0.15) is 82.4 Å². The molecule has 5 rings (SSSR count). The Kier molecular flexibility index (Phi) is 7.51. The van der Waals surface area contributed by atoms with Gasteiger partial charge in [0.1, 0.15) is 5.82 Å². The van der Waals surface area contributed by atoms with Crippen LogP contribution in [0, 0.1) is 5.92 Å². The smallest absolute Gasteiger partial charge is 0.384 e. The Labute approximate surface area is 224 Å². The van der Waals surface area contributed by atoms with Gasteiger partial charge in [-0.2, -0.15) is 13.2 Å². The fourth-order valence-electron chi connectivity index (χ4n) is 5.66. The van der Waals surface area contributed by atoms with E-state index >= 15 is 0 Å². The van der Waals surface area contributed by atoms with Gasteiger partial charge in [0, 0.05) is 54.1 Å². The number of alkyl halides is 3. The van der Waals surface area contributed by atoms with Crippen LogP contribution in [0.15, 0.2) is 36.5 Å². The average Bonchev–Trinajstić information content (AvgIpc) is 3.69. The Morgan fingerprint density at radius 1 is 1.00 bits per heavy atom. The standard InChI is InChI=1S/C28H32F3N5O3/c29-28(30,31)10-9-24(37)18-4-8-25(34-15-18)36-20-5-6-21(36)13-19(12-20)35-27(39)17-3-7-22(26(32)38)23(11-17)33-14-16-1-2-16/h3-4,7-8,11,15-16,19-21,33H,1-2,5-6,9-10,12-14H2,(H2,32,38)(H,35,39)/t19?,20-,21+. The van der Waals surface area contributed by atoms with Crippen LogP contribution in [-0.4, -0.2) is 53.4 Å². The molecule has 1 unspecified atom stereocenters. The van der Waals surface area contributed by atoms with Crippen LogP contribution >= 0.6 is 0 Å². The first kappa shape index (κ1) is 27.0. The van der Waals surface area contributed by atoms with E-state index in [9.17, 15) is 27.6 Å². The Morgan fingerprint density at radius 2 is 1.69 bits per heavy atom. The third-order valence-corrected chi connectivity index (χ3v) is 7.86. The minimum absolute atomic E-state index is 0.0341. The van der Waals surface area contributed by atoms with Gasteiger partial charge in [0.15, 0.2) is 5.78 Å². The molecule has 2 aromatic rings. The van der Waals surface area contributed by atoms with E-state index in [-0.39, 0.29) is 29.6 Å². The van der Waals surface area contributed by atoms with Gasteiger partial charge < -0.3 is 21.3 Å². The van der Waals surface area contributed by atoms with Crippen molar-refractivity contribution in [1.82, 2.24) is 10.3 Å². The molecule has 0 spiro atoms. The quantitative estimate of drug-likeness (QED) is 0.381. The number of amides is 2. The number of halogens is 3. The zero-order chi connectivity index (χ0) is 27.7. The molecule has 0 radical (unpaired) electrons. The molecule has 3 fully saturated rings. The number of primary amides is 1. The number of piperidine rings is 1. The summed E-state index contributed by atoms with van der Waals surface area (Å²) in [6.45, 7) is 0.740. The molecule has 2 aliphatic heterocycles. The van der Waals surface area contributed by atoms with Crippen LogP contribution in [-0.2, 0) is 0 Å². The summed E-state index contributed by atoms with van der Waals surface area (Å²) >= 11 is 0. The van der Waals surface area contributed by atoms with Crippen LogP contribution in [0.25, 0.3) is 0 Å². The number of nitrogens with zero attached hydrogens (tertiary/aromatic N) is 2. The van der Waals surface area contributed by atoms with E-state index in [0.29, 0.717) is 28.6 Å². The highest BCUT2D eigenvalue weighted by molar-refractivity contribution is 6.02. The van der Waals surface area contributed by atoms with E-state index in [1.807, 2.05) is 0 Å². The minimum atomic E-state index is -4.37. The Morgan fingerprint density at radius 3 is 2.28 bits per heavy atom. The van der Waals surface area contributed by atoms with E-state index in [4.69, 9.17) is 5.73 Å². The number of hydrogen-bond donors (Lipinski definition) is 3. The van der Waals surface area contributed by atoms with Crippen LogP contribution < -0.4 is 21.3 Å². The number of Topliss-reactive ketones (excluding diaryl/α,β-unsaturated/α-hetero) is 1. The van der Waals surface area contributed by atoms with Crippen molar-refractivity contribution in [2.45, 2.75) is 75.7 Å². The lowest BCUT2D eigenvalue weighted by molar-refractivity contribution is -0.133. The molecule has 3 aliphatic rings. The monoisotopic (exact) mass is 543 g/mol. The first-order valence-electron chi connectivity index (χ1n) is 13.4. The predicted octanol–water partition coefficient (Wildman–Crippen LogP) is 4.46. The Bertz CT molecular complexity index is 1230. The maximum atomic E-state index is 13.1. The SMILES string of the molecule is NC(=O)c1ccc(C(=O)NC2C[C@H]3CC[C@@H](C2)N3c2ccc(C(=O)CCC(F)(F)F)cn2)cc1NCC1CC1. The molecular formula is C28H32F3N5O3. The number of nitrogens with one attached hydrogen (secondary N) is 2. The van der Waals surface area contributed by atoms with Gasteiger partial charge in [-0.1, -0.05) is 0 Å². The van der Waals surface area contributed by atoms with Crippen molar-refractivity contribution in [2.75, 3.05) is 16.8 Å². The molecule has 39 heavy (non-hydrogen) atoms. The summed E-state index contributed by atoms with van der Waals surface area (Å²) in [5.74, 6) is -0.0577. The third-order valence-electron chi connectivity index (χ3n) is 7.86. The van der Waals surface area contributed by atoms with Crippen LogP contribution in [0.2, 0.25) is 0 Å². The normalized spacial score (nSPS) is 22.4. The van der Waals surface area contributed by atoms with Crippen molar-refractivity contribution in [2.24, 2.45) is 11.7 Å². The Balaban J connectivity index is 1.20. The van der Waals surface area contributed by atoms with Gasteiger partial charge in [-0.25, -0.2) is 4.98 Å². The van der Waals surface area contributed by atoms with Crippen LogP contribution in [0.4, 0.5) is 24.7 Å². The van der Waals surface area contributed by atoms with E-state index < -0.39 is 30.7 Å². The van der Waals surface area contributed by atoms with Crippen molar-refractivity contribution in [3.63, 3.8) is 0 Å². The van der Waals surface area contributed by atoms with E-state index in [1.54, 1.807) is 30.3 Å². The summed E-state index contributed by atoms with van der Waals surface area (Å²) in [5, 5.41) is 6.41. The molecule has 11 heteroatoms. The number of benzene rings is 1. The van der Waals surface area contributed by atoms with Crippen molar-refractivity contribution >= 4 is 29.1 Å². The van der Waals surface area contributed by atoms with Gasteiger partial charge in [0.25, 0.3) is 11.8 Å². The number of hydrogen-bond acceptors (Lipinski definition) is 6. The second-order valence-electron chi connectivity index (χ2n) is 10.8. The van der Waals surface area contributed by atoms with E-state index in [2.05, 4.69) is 20.5 Å². The summed E-state index contributed by atoms with van der Waals surface area (Å²) in [6.07, 6.45) is 0.871.